The topological polar surface area (TPSA) is 44.5 Å². The van der Waals surface area contributed by atoms with E-state index in [0.717, 1.165) is 29.2 Å². The molecule has 0 bridgehead atoms. The monoisotopic (exact) mass is 207 g/mol. The Morgan fingerprint density at radius 2 is 2.20 bits per heavy atom. The molecule has 1 aromatic rings. The average Bonchev–Trinajstić information content (AvgIpc) is 2.40. The van der Waals surface area contributed by atoms with Crippen LogP contribution >= 0.6 is 0 Å². The second kappa shape index (κ2) is 3.33. The molecule has 0 aromatic heterocycles. The molecule has 2 N–H and O–H groups in total. The highest BCUT2D eigenvalue weighted by molar-refractivity contribution is 5.59. The van der Waals surface area contributed by atoms with Gasteiger partial charge in [0.15, 0.2) is 11.5 Å². The molecule has 1 aliphatic rings. The van der Waals surface area contributed by atoms with Gasteiger partial charge in [-0.15, -0.1) is 0 Å². The lowest BCUT2D eigenvalue weighted by atomic mass is 10.0. The summed E-state index contributed by atoms with van der Waals surface area (Å²) in [5.74, 6) is 1.62. The first-order valence-electron chi connectivity index (χ1n) is 5.26. The van der Waals surface area contributed by atoms with Gasteiger partial charge >= 0.3 is 0 Å². The Bertz CT molecular complexity index is 385. The van der Waals surface area contributed by atoms with Crippen LogP contribution in [0, 0.1) is 0 Å². The zero-order valence-corrected chi connectivity index (χ0v) is 9.46. The van der Waals surface area contributed by atoms with E-state index in [4.69, 9.17) is 15.2 Å². The van der Waals surface area contributed by atoms with Crippen LogP contribution in [0.25, 0.3) is 0 Å². The Labute approximate surface area is 90.2 Å². The molecule has 0 saturated carbocycles. The highest BCUT2D eigenvalue weighted by Gasteiger charge is 2.32. The molecule has 0 fully saturated rings. The Balaban J connectivity index is 2.43. The second-order valence-corrected chi connectivity index (χ2v) is 4.48. The third-order valence-electron chi connectivity index (χ3n) is 2.45. The molecule has 2 rings (SSSR count). The maximum absolute atomic E-state index is 5.85. The molecule has 0 unspecified atom stereocenters. The Hall–Kier alpha value is -1.38. The molecule has 0 amide bonds. The van der Waals surface area contributed by atoms with Crippen molar-refractivity contribution in [1.29, 1.82) is 0 Å². The third-order valence-corrected chi connectivity index (χ3v) is 2.45. The van der Waals surface area contributed by atoms with E-state index in [9.17, 15) is 0 Å². The molecular formula is C12H17NO2. The van der Waals surface area contributed by atoms with E-state index in [1.807, 2.05) is 19.1 Å². The minimum absolute atomic E-state index is 0.151. The number of fused-ring (bicyclic) bond motifs is 1. The summed E-state index contributed by atoms with van der Waals surface area (Å²) >= 11 is 0. The summed E-state index contributed by atoms with van der Waals surface area (Å²) in [5.41, 5.74) is 7.54. The number of anilines is 1. The first-order valence-corrected chi connectivity index (χ1v) is 5.26. The number of hydrogen-bond acceptors (Lipinski definition) is 3. The van der Waals surface area contributed by atoms with Crippen molar-refractivity contribution in [1.82, 2.24) is 0 Å². The Morgan fingerprint density at radius 1 is 1.47 bits per heavy atom. The summed E-state index contributed by atoms with van der Waals surface area (Å²) in [7, 11) is 0. The van der Waals surface area contributed by atoms with E-state index < -0.39 is 0 Å². The normalized spacial score (nSPS) is 17.0. The van der Waals surface area contributed by atoms with Crippen LogP contribution in [0.2, 0.25) is 0 Å². The summed E-state index contributed by atoms with van der Waals surface area (Å²) in [6.45, 7) is 6.72. The fourth-order valence-electron chi connectivity index (χ4n) is 1.96. The summed E-state index contributed by atoms with van der Waals surface area (Å²) in [4.78, 5) is 0. The van der Waals surface area contributed by atoms with Gasteiger partial charge in [-0.1, -0.05) is 0 Å². The fraction of sp³-hybridized carbons (Fsp3) is 0.500. The van der Waals surface area contributed by atoms with E-state index in [1.54, 1.807) is 0 Å². The number of nitrogens with two attached hydrogens (primary N) is 1. The van der Waals surface area contributed by atoms with Crippen LogP contribution in [-0.2, 0) is 6.42 Å². The molecule has 1 heterocycles. The van der Waals surface area contributed by atoms with Crippen molar-refractivity contribution in [2.24, 2.45) is 0 Å². The van der Waals surface area contributed by atoms with Crippen LogP contribution in [0.3, 0.4) is 0 Å². The van der Waals surface area contributed by atoms with Gasteiger partial charge in [-0.3, -0.25) is 0 Å². The molecule has 3 heteroatoms. The first-order chi connectivity index (χ1) is 7.02. The van der Waals surface area contributed by atoms with Crippen LogP contribution in [0.4, 0.5) is 5.69 Å². The van der Waals surface area contributed by atoms with Crippen LogP contribution in [0.5, 0.6) is 11.5 Å². The lowest BCUT2D eigenvalue weighted by Crippen LogP contribution is -2.24. The third kappa shape index (κ3) is 1.87. The van der Waals surface area contributed by atoms with Crippen molar-refractivity contribution in [3.05, 3.63) is 17.7 Å². The van der Waals surface area contributed by atoms with Crippen LogP contribution in [-0.4, -0.2) is 12.2 Å². The molecule has 82 valence electrons. The van der Waals surface area contributed by atoms with Crippen LogP contribution < -0.4 is 15.2 Å². The maximum Gasteiger partial charge on any atom is 0.165 e. The second-order valence-electron chi connectivity index (χ2n) is 4.48. The van der Waals surface area contributed by atoms with Crippen LogP contribution in [0.15, 0.2) is 12.1 Å². The largest absolute Gasteiger partial charge is 0.490 e. The maximum atomic E-state index is 5.85. The number of rotatable bonds is 2. The van der Waals surface area contributed by atoms with E-state index in [0.29, 0.717) is 6.61 Å². The van der Waals surface area contributed by atoms with Gasteiger partial charge in [-0.05, 0) is 26.8 Å². The van der Waals surface area contributed by atoms with E-state index in [-0.39, 0.29) is 5.60 Å². The minimum atomic E-state index is -0.151. The fourth-order valence-corrected chi connectivity index (χ4v) is 1.96. The number of nitrogen functional groups attached to an aromatic ring is 1. The molecule has 0 aliphatic carbocycles. The van der Waals surface area contributed by atoms with Crippen molar-refractivity contribution < 1.29 is 9.47 Å². The van der Waals surface area contributed by atoms with Crippen molar-refractivity contribution in [3.63, 3.8) is 0 Å². The van der Waals surface area contributed by atoms with Gasteiger partial charge in [0.2, 0.25) is 0 Å². The standard InChI is InChI=1S/C12H17NO2/c1-4-14-10-6-9(13)5-8-7-12(2,3)15-11(8)10/h5-6H,4,7,13H2,1-3H3. The van der Waals surface area contributed by atoms with Gasteiger partial charge in [-0.2, -0.15) is 0 Å². The van der Waals surface area contributed by atoms with E-state index in [1.165, 1.54) is 0 Å². The van der Waals surface area contributed by atoms with Gasteiger partial charge in [-0.25, -0.2) is 0 Å². The zero-order chi connectivity index (χ0) is 11.1. The van der Waals surface area contributed by atoms with Gasteiger partial charge in [0.1, 0.15) is 5.60 Å². The molecular weight excluding hydrogens is 190 g/mol. The molecule has 3 nitrogen and oxygen atoms in total. The Kier molecular flexibility index (Phi) is 2.25. The average molecular weight is 207 g/mol. The number of hydrogen-bond donors (Lipinski definition) is 1. The molecule has 1 aliphatic heterocycles. The lowest BCUT2D eigenvalue weighted by molar-refractivity contribution is 0.132. The number of ether oxygens (including phenoxy) is 2. The van der Waals surface area contributed by atoms with Crippen molar-refractivity contribution in [2.45, 2.75) is 32.8 Å². The van der Waals surface area contributed by atoms with Gasteiger partial charge in [0.25, 0.3) is 0 Å². The predicted molar refractivity (Wildman–Crippen MR) is 60.4 cm³/mol. The predicted octanol–water partition coefficient (Wildman–Crippen LogP) is 2.38. The molecule has 1 aromatic carbocycles. The molecule has 0 saturated heterocycles. The van der Waals surface area contributed by atoms with Gasteiger partial charge < -0.3 is 15.2 Å². The first kappa shape index (κ1) is 10.1. The quantitative estimate of drug-likeness (QED) is 0.757. The van der Waals surface area contributed by atoms with Crippen molar-refractivity contribution in [2.75, 3.05) is 12.3 Å². The highest BCUT2D eigenvalue weighted by atomic mass is 16.5. The highest BCUT2D eigenvalue weighted by Crippen LogP contribution is 2.43. The van der Waals surface area contributed by atoms with E-state index in [2.05, 4.69) is 13.8 Å². The minimum Gasteiger partial charge on any atom is -0.490 e. The van der Waals surface area contributed by atoms with Gasteiger partial charge in [0.05, 0.1) is 6.61 Å². The summed E-state index contributed by atoms with van der Waals surface area (Å²) in [6, 6.07) is 3.79. The molecule has 0 spiro atoms. The van der Waals surface area contributed by atoms with Crippen molar-refractivity contribution >= 4 is 5.69 Å². The number of benzene rings is 1. The van der Waals surface area contributed by atoms with Crippen molar-refractivity contribution in [3.8, 4) is 11.5 Å². The van der Waals surface area contributed by atoms with E-state index >= 15 is 0 Å². The summed E-state index contributed by atoms with van der Waals surface area (Å²) in [5, 5.41) is 0. The molecule has 15 heavy (non-hydrogen) atoms. The molecule has 0 radical (unpaired) electrons. The van der Waals surface area contributed by atoms with Crippen LogP contribution in [0.1, 0.15) is 26.3 Å². The molecule has 0 atom stereocenters. The van der Waals surface area contributed by atoms with Gasteiger partial charge in [0, 0.05) is 23.7 Å². The zero-order valence-electron chi connectivity index (χ0n) is 9.46. The summed E-state index contributed by atoms with van der Waals surface area (Å²) < 4.78 is 11.4. The lowest BCUT2D eigenvalue weighted by Gasteiger charge is -2.18. The Morgan fingerprint density at radius 3 is 2.87 bits per heavy atom. The smallest absolute Gasteiger partial charge is 0.165 e. The SMILES string of the molecule is CCOc1cc(N)cc2c1OC(C)(C)C2. The summed E-state index contributed by atoms with van der Waals surface area (Å²) in [6.07, 6.45) is 0.882.